The molecule has 0 saturated carbocycles. The van der Waals surface area contributed by atoms with Crippen LogP contribution in [0.5, 0.6) is 5.75 Å². The molecule has 2 aromatic rings. The first-order chi connectivity index (χ1) is 12.4. The van der Waals surface area contributed by atoms with Crippen molar-refractivity contribution in [3.63, 3.8) is 0 Å². The smallest absolute Gasteiger partial charge is 0.220 e. The fourth-order valence-electron chi connectivity index (χ4n) is 3.15. The molecule has 5 heteroatoms. The number of para-hydroxylation sites is 1. The van der Waals surface area contributed by atoms with Gasteiger partial charge in [0.05, 0.1) is 6.04 Å². The van der Waals surface area contributed by atoms with Gasteiger partial charge >= 0.3 is 0 Å². The predicted molar refractivity (Wildman–Crippen MR) is 108 cm³/mol. The van der Waals surface area contributed by atoms with E-state index in [0.29, 0.717) is 6.42 Å². The molecule has 2 aromatic carbocycles. The minimum absolute atomic E-state index is 0.00590. The van der Waals surface area contributed by atoms with Crippen molar-refractivity contribution in [3.8, 4) is 5.75 Å². The van der Waals surface area contributed by atoms with Crippen LogP contribution in [0.1, 0.15) is 44.7 Å². The second kappa shape index (κ2) is 8.36. The monoisotopic (exact) mass is 389 g/mol. The van der Waals surface area contributed by atoms with Crippen molar-refractivity contribution < 1.29 is 9.53 Å². The van der Waals surface area contributed by atoms with Gasteiger partial charge in [-0.25, -0.2) is 0 Å². The van der Waals surface area contributed by atoms with Crippen molar-refractivity contribution in [2.24, 2.45) is 0 Å². The Balaban J connectivity index is 1.49. The molecule has 0 radical (unpaired) electrons. The molecule has 26 heavy (non-hydrogen) atoms. The van der Waals surface area contributed by atoms with Crippen LogP contribution in [0.2, 0.25) is 5.02 Å². The molecular weight excluding hydrogens is 366 g/mol. The Labute approximate surface area is 164 Å². The van der Waals surface area contributed by atoms with Crippen LogP contribution in [0.25, 0.3) is 0 Å². The average Bonchev–Trinajstić information content (AvgIpc) is 2.59. The van der Waals surface area contributed by atoms with Crippen molar-refractivity contribution in [1.29, 1.82) is 0 Å². The Morgan fingerprint density at radius 2 is 1.96 bits per heavy atom. The average molecular weight is 390 g/mol. The molecule has 0 bridgehead atoms. The highest BCUT2D eigenvalue weighted by Gasteiger charge is 2.34. The van der Waals surface area contributed by atoms with Crippen molar-refractivity contribution in [2.75, 3.05) is 5.75 Å². The Morgan fingerprint density at radius 1 is 1.23 bits per heavy atom. The lowest BCUT2D eigenvalue weighted by Gasteiger charge is -2.37. The highest BCUT2D eigenvalue weighted by Crippen LogP contribution is 2.39. The second-order valence-corrected chi connectivity index (χ2v) is 8.73. The number of halogens is 1. The first kappa shape index (κ1) is 19.1. The van der Waals surface area contributed by atoms with Gasteiger partial charge in [-0.05, 0) is 56.4 Å². The number of nitrogens with one attached hydrogen (secondary N) is 1. The zero-order valence-electron chi connectivity index (χ0n) is 15.1. The number of carbonyl (C=O) groups excluding carboxylic acids is 1. The molecule has 1 N–H and O–H groups in total. The molecule has 3 rings (SSSR count). The van der Waals surface area contributed by atoms with Crippen molar-refractivity contribution in [1.82, 2.24) is 5.32 Å². The van der Waals surface area contributed by atoms with E-state index in [2.05, 4.69) is 19.2 Å². The molecule has 1 amide bonds. The van der Waals surface area contributed by atoms with Crippen LogP contribution in [0.4, 0.5) is 0 Å². The normalized spacial score (nSPS) is 17.9. The number of ether oxygens (including phenoxy) is 1. The summed E-state index contributed by atoms with van der Waals surface area (Å²) in [7, 11) is 0. The van der Waals surface area contributed by atoms with Crippen LogP contribution in [0.15, 0.2) is 53.4 Å². The van der Waals surface area contributed by atoms with Gasteiger partial charge in [-0.3, -0.25) is 4.79 Å². The Morgan fingerprint density at radius 3 is 2.73 bits per heavy atom. The van der Waals surface area contributed by atoms with Crippen molar-refractivity contribution in [3.05, 3.63) is 59.1 Å². The fourth-order valence-corrected chi connectivity index (χ4v) is 4.13. The lowest BCUT2D eigenvalue weighted by atomic mass is 9.89. The number of amides is 1. The first-order valence-electron chi connectivity index (χ1n) is 8.89. The second-order valence-electron chi connectivity index (χ2n) is 7.13. The Bertz CT molecular complexity index is 761. The molecule has 0 fully saturated rings. The molecule has 0 unspecified atom stereocenters. The first-order valence-corrected chi connectivity index (χ1v) is 10.2. The van der Waals surface area contributed by atoms with Gasteiger partial charge in [0, 0.05) is 28.3 Å². The predicted octanol–water partition coefficient (Wildman–Crippen LogP) is 5.63. The molecule has 1 heterocycles. The highest BCUT2D eigenvalue weighted by atomic mass is 35.5. The van der Waals surface area contributed by atoms with Crippen LogP contribution in [0, 0.1) is 0 Å². The van der Waals surface area contributed by atoms with Gasteiger partial charge in [0.25, 0.3) is 0 Å². The molecule has 1 atom stereocenters. The van der Waals surface area contributed by atoms with Crippen molar-refractivity contribution in [2.45, 2.75) is 49.6 Å². The third kappa shape index (κ3) is 5.18. The van der Waals surface area contributed by atoms with E-state index in [4.69, 9.17) is 16.3 Å². The summed E-state index contributed by atoms with van der Waals surface area (Å²) in [5, 5.41) is 3.94. The summed E-state index contributed by atoms with van der Waals surface area (Å²) in [6.45, 7) is 4.12. The van der Waals surface area contributed by atoms with Gasteiger partial charge in [-0.1, -0.05) is 29.8 Å². The van der Waals surface area contributed by atoms with E-state index < -0.39 is 0 Å². The number of fused-ring (bicyclic) bond motifs is 1. The molecule has 3 nitrogen and oxygen atoms in total. The summed E-state index contributed by atoms with van der Waals surface area (Å²) in [5.41, 5.74) is 0.784. The van der Waals surface area contributed by atoms with Crippen LogP contribution >= 0.6 is 23.4 Å². The van der Waals surface area contributed by atoms with Crippen LogP contribution in [0.3, 0.4) is 0 Å². The van der Waals surface area contributed by atoms with Gasteiger partial charge < -0.3 is 10.1 Å². The zero-order chi connectivity index (χ0) is 18.6. The summed E-state index contributed by atoms with van der Waals surface area (Å²) in [6, 6.07) is 15.8. The molecule has 0 spiro atoms. The number of thioether (sulfide) groups is 1. The highest BCUT2D eigenvalue weighted by molar-refractivity contribution is 7.99. The maximum atomic E-state index is 12.4. The Kier molecular flexibility index (Phi) is 6.15. The minimum atomic E-state index is -0.281. The van der Waals surface area contributed by atoms with Crippen LogP contribution in [-0.2, 0) is 4.79 Å². The van der Waals surface area contributed by atoms with E-state index in [1.807, 2.05) is 48.5 Å². The van der Waals surface area contributed by atoms with Crippen LogP contribution < -0.4 is 10.1 Å². The largest absolute Gasteiger partial charge is 0.487 e. The van der Waals surface area contributed by atoms with Gasteiger partial charge in [0.2, 0.25) is 5.91 Å². The lowest BCUT2D eigenvalue weighted by molar-refractivity contribution is -0.122. The lowest BCUT2D eigenvalue weighted by Crippen LogP contribution is -2.41. The number of carbonyl (C=O) groups is 1. The molecule has 1 aliphatic rings. The molecule has 0 aromatic heterocycles. The molecular formula is C21H24ClNO2S. The number of hydrogen-bond donors (Lipinski definition) is 1. The number of hydrogen-bond acceptors (Lipinski definition) is 3. The van der Waals surface area contributed by atoms with Gasteiger partial charge in [0.15, 0.2) is 0 Å². The molecule has 0 aliphatic carbocycles. The fraction of sp³-hybridized carbons (Fsp3) is 0.381. The Hall–Kier alpha value is -1.65. The maximum Gasteiger partial charge on any atom is 0.220 e. The van der Waals surface area contributed by atoms with E-state index in [0.717, 1.165) is 34.9 Å². The maximum absolute atomic E-state index is 12.4. The van der Waals surface area contributed by atoms with E-state index in [-0.39, 0.29) is 17.6 Å². The standard InChI is InChI=1S/C21H24ClNO2S/c1-21(2)14-18(17-6-3-4-7-19(17)25-21)23-20(24)8-5-13-26-16-11-9-15(22)10-12-16/h3-4,6-7,9-12,18H,5,8,13-14H2,1-2H3,(H,23,24)/t18-/m1/s1. The summed E-state index contributed by atoms with van der Waals surface area (Å²) in [6.07, 6.45) is 2.14. The minimum Gasteiger partial charge on any atom is -0.487 e. The molecule has 1 aliphatic heterocycles. The number of benzene rings is 2. The quantitative estimate of drug-likeness (QED) is 0.513. The van der Waals surface area contributed by atoms with E-state index in [1.54, 1.807) is 11.8 Å². The molecule has 0 saturated heterocycles. The number of rotatable bonds is 6. The zero-order valence-corrected chi connectivity index (χ0v) is 16.7. The van der Waals surface area contributed by atoms with Gasteiger partial charge in [0.1, 0.15) is 11.4 Å². The van der Waals surface area contributed by atoms with Crippen LogP contribution in [-0.4, -0.2) is 17.3 Å². The van der Waals surface area contributed by atoms with E-state index in [9.17, 15) is 4.79 Å². The summed E-state index contributed by atoms with van der Waals surface area (Å²) in [4.78, 5) is 13.6. The summed E-state index contributed by atoms with van der Waals surface area (Å²) < 4.78 is 6.02. The molecule has 138 valence electrons. The topological polar surface area (TPSA) is 38.3 Å². The summed E-state index contributed by atoms with van der Waals surface area (Å²) >= 11 is 7.64. The SMILES string of the molecule is CC1(C)C[C@@H](NC(=O)CCCSc2ccc(Cl)cc2)c2ccccc2O1. The van der Waals surface area contributed by atoms with Crippen molar-refractivity contribution >= 4 is 29.3 Å². The van der Waals surface area contributed by atoms with E-state index >= 15 is 0 Å². The summed E-state index contributed by atoms with van der Waals surface area (Å²) in [5.74, 6) is 1.87. The van der Waals surface area contributed by atoms with Gasteiger partial charge in [-0.2, -0.15) is 0 Å². The van der Waals surface area contributed by atoms with Gasteiger partial charge in [-0.15, -0.1) is 11.8 Å². The van der Waals surface area contributed by atoms with E-state index in [1.165, 1.54) is 4.90 Å². The third-order valence-electron chi connectivity index (χ3n) is 4.34. The third-order valence-corrected chi connectivity index (χ3v) is 5.69.